The van der Waals surface area contributed by atoms with Gasteiger partial charge in [0.1, 0.15) is 12.4 Å². The van der Waals surface area contributed by atoms with Crippen LogP contribution in [0.4, 0.5) is 0 Å². The molecule has 166 valence electrons. The van der Waals surface area contributed by atoms with Gasteiger partial charge in [0.05, 0.1) is 19.6 Å². The number of carbonyl (C=O) groups is 2. The predicted octanol–water partition coefficient (Wildman–Crippen LogP) is 1.92. The van der Waals surface area contributed by atoms with Gasteiger partial charge in [-0.05, 0) is 43.5 Å². The molecule has 2 aliphatic heterocycles. The molecule has 2 aliphatic rings. The fourth-order valence-electron chi connectivity index (χ4n) is 3.81. The smallest absolute Gasteiger partial charge is 0.236 e. The largest absolute Gasteiger partial charge is 0.492 e. The molecule has 0 atom stereocenters. The Morgan fingerprint density at radius 2 is 1.53 bits per heavy atom. The summed E-state index contributed by atoms with van der Waals surface area (Å²) in [5.41, 5.74) is 0. The number of likely N-dealkylation sites (N-methyl/N-ethyl adjacent to an activating group) is 1. The van der Waals surface area contributed by atoms with Crippen LogP contribution in [0.2, 0.25) is 0 Å². The average Bonchev–Trinajstić information content (AvgIpc) is 2.77. The molecule has 0 bridgehead atoms. The van der Waals surface area contributed by atoms with Crippen LogP contribution in [-0.2, 0) is 9.59 Å². The Morgan fingerprint density at radius 1 is 0.933 bits per heavy atom. The van der Waals surface area contributed by atoms with Crippen molar-refractivity contribution in [1.82, 2.24) is 19.6 Å². The number of piperidine rings is 1. The van der Waals surface area contributed by atoms with Crippen LogP contribution in [-0.4, -0.2) is 104 Å². The Labute approximate surface area is 188 Å². The summed E-state index contributed by atoms with van der Waals surface area (Å²) in [5.74, 6) is 1.16. The first kappa shape index (κ1) is 23.0. The molecule has 0 aromatic heterocycles. The third kappa shape index (κ3) is 7.25. The lowest BCUT2D eigenvalue weighted by molar-refractivity contribution is -0.135. The van der Waals surface area contributed by atoms with Gasteiger partial charge in [-0.3, -0.25) is 19.4 Å². The van der Waals surface area contributed by atoms with Crippen molar-refractivity contribution in [3.63, 3.8) is 0 Å². The normalized spacial score (nSPS) is 18.3. The van der Waals surface area contributed by atoms with Crippen molar-refractivity contribution in [3.8, 4) is 5.75 Å². The van der Waals surface area contributed by atoms with Gasteiger partial charge in [0, 0.05) is 50.8 Å². The second-order valence-corrected chi connectivity index (χ2v) is 9.03. The van der Waals surface area contributed by atoms with Crippen LogP contribution in [0.15, 0.2) is 28.7 Å². The van der Waals surface area contributed by atoms with E-state index in [0.717, 1.165) is 62.3 Å². The van der Waals surface area contributed by atoms with Crippen LogP contribution in [0.1, 0.15) is 19.3 Å². The van der Waals surface area contributed by atoms with Crippen LogP contribution in [0.25, 0.3) is 0 Å². The first-order valence-electron chi connectivity index (χ1n) is 10.9. The Hall–Kier alpha value is -1.64. The molecule has 8 heteroatoms. The second-order valence-electron chi connectivity index (χ2n) is 8.11. The summed E-state index contributed by atoms with van der Waals surface area (Å²) >= 11 is 3.40. The zero-order valence-corrected chi connectivity index (χ0v) is 19.5. The summed E-state index contributed by atoms with van der Waals surface area (Å²) in [5, 5.41) is 0. The molecular formula is C22H33BrN4O3. The molecular weight excluding hydrogens is 448 g/mol. The number of halogens is 1. The molecule has 0 saturated carbocycles. The van der Waals surface area contributed by atoms with E-state index in [0.29, 0.717) is 26.2 Å². The fourth-order valence-corrected chi connectivity index (χ4v) is 4.07. The quantitative estimate of drug-likeness (QED) is 0.568. The SMILES string of the molecule is CN(CCOc1ccc(Br)cc1)C(=O)CN1CCN(CC(=O)N2CCCCC2)CC1. The Bertz CT molecular complexity index is 686. The van der Waals surface area contributed by atoms with Gasteiger partial charge < -0.3 is 14.5 Å². The second kappa shape index (κ2) is 11.7. The maximum atomic E-state index is 12.5. The predicted molar refractivity (Wildman–Crippen MR) is 121 cm³/mol. The number of amides is 2. The van der Waals surface area contributed by atoms with Gasteiger partial charge in [-0.15, -0.1) is 0 Å². The van der Waals surface area contributed by atoms with E-state index < -0.39 is 0 Å². The lowest BCUT2D eigenvalue weighted by Crippen LogP contribution is -2.52. The van der Waals surface area contributed by atoms with Crippen molar-refractivity contribution in [2.45, 2.75) is 19.3 Å². The van der Waals surface area contributed by atoms with E-state index in [1.54, 1.807) is 4.90 Å². The standard InChI is InChI=1S/C22H33BrN4O3/c1-24(15-16-30-20-7-5-19(23)6-8-20)21(28)17-25-11-13-26(14-12-25)18-22(29)27-9-3-2-4-10-27/h5-8H,2-4,9-18H2,1H3. The Balaban J connectivity index is 1.31. The lowest BCUT2D eigenvalue weighted by Gasteiger charge is -2.36. The van der Waals surface area contributed by atoms with Gasteiger partial charge in [0.25, 0.3) is 0 Å². The molecule has 2 saturated heterocycles. The highest BCUT2D eigenvalue weighted by molar-refractivity contribution is 9.10. The molecule has 7 nitrogen and oxygen atoms in total. The van der Waals surface area contributed by atoms with E-state index in [4.69, 9.17) is 4.74 Å². The van der Waals surface area contributed by atoms with Gasteiger partial charge in [0.2, 0.25) is 11.8 Å². The number of nitrogens with zero attached hydrogens (tertiary/aromatic N) is 4. The van der Waals surface area contributed by atoms with Crippen molar-refractivity contribution in [1.29, 1.82) is 0 Å². The number of likely N-dealkylation sites (tertiary alicyclic amines) is 1. The Kier molecular flexibility index (Phi) is 8.96. The minimum Gasteiger partial charge on any atom is -0.492 e. The van der Waals surface area contributed by atoms with Crippen LogP contribution in [0, 0.1) is 0 Å². The molecule has 2 amide bonds. The number of hydrogen-bond donors (Lipinski definition) is 0. The van der Waals surface area contributed by atoms with Crippen LogP contribution < -0.4 is 4.74 Å². The zero-order valence-electron chi connectivity index (χ0n) is 17.9. The van der Waals surface area contributed by atoms with Gasteiger partial charge in [-0.25, -0.2) is 0 Å². The van der Waals surface area contributed by atoms with E-state index in [2.05, 4.69) is 25.7 Å². The first-order valence-corrected chi connectivity index (χ1v) is 11.7. The number of carbonyl (C=O) groups excluding carboxylic acids is 2. The highest BCUT2D eigenvalue weighted by atomic mass is 79.9. The third-order valence-corrected chi connectivity index (χ3v) is 6.35. The minimum atomic E-state index is 0.104. The van der Waals surface area contributed by atoms with Crippen LogP contribution >= 0.6 is 15.9 Å². The molecule has 0 spiro atoms. The summed E-state index contributed by atoms with van der Waals surface area (Å²) in [6, 6.07) is 7.68. The van der Waals surface area contributed by atoms with Gasteiger partial charge in [-0.2, -0.15) is 0 Å². The molecule has 0 N–H and O–H groups in total. The number of rotatable bonds is 8. The van der Waals surface area contributed by atoms with Crippen molar-refractivity contribution in [2.75, 3.05) is 72.6 Å². The number of benzene rings is 1. The minimum absolute atomic E-state index is 0.104. The summed E-state index contributed by atoms with van der Waals surface area (Å²) < 4.78 is 6.71. The summed E-state index contributed by atoms with van der Waals surface area (Å²) in [6.07, 6.45) is 3.49. The average molecular weight is 481 g/mol. The topological polar surface area (TPSA) is 56.3 Å². The Morgan fingerprint density at radius 3 is 2.17 bits per heavy atom. The van der Waals surface area contributed by atoms with E-state index in [1.807, 2.05) is 36.2 Å². The first-order chi connectivity index (χ1) is 14.5. The summed E-state index contributed by atoms with van der Waals surface area (Å²) in [7, 11) is 1.82. The summed E-state index contributed by atoms with van der Waals surface area (Å²) in [4.78, 5) is 33.1. The monoisotopic (exact) mass is 480 g/mol. The van der Waals surface area contributed by atoms with Crippen molar-refractivity contribution < 1.29 is 14.3 Å². The fraction of sp³-hybridized carbons (Fsp3) is 0.636. The molecule has 0 aliphatic carbocycles. The maximum absolute atomic E-state index is 12.5. The summed E-state index contributed by atoms with van der Waals surface area (Å²) in [6.45, 7) is 7.08. The van der Waals surface area contributed by atoms with Crippen LogP contribution in [0.3, 0.4) is 0 Å². The molecule has 2 fully saturated rings. The van der Waals surface area contributed by atoms with E-state index >= 15 is 0 Å². The molecule has 2 heterocycles. The molecule has 1 aromatic carbocycles. The van der Waals surface area contributed by atoms with E-state index in [9.17, 15) is 9.59 Å². The van der Waals surface area contributed by atoms with Crippen molar-refractivity contribution in [2.24, 2.45) is 0 Å². The van der Waals surface area contributed by atoms with Gasteiger partial charge in [-0.1, -0.05) is 15.9 Å². The maximum Gasteiger partial charge on any atom is 0.236 e. The van der Waals surface area contributed by atoms with E-state index in [1.165, 1.54) is 6.42 Å². The van der Waals surface area contributed by atoms with Gasteiger partial charge >= 0.3 is 0 Å². The highest BCUT2D eigenvalue weighted by Crippen LogP contribution is 2.16. The molecule has 1 aromatic rings. The van der Waals surface area contributed by atoms with Gasteiger partial charge in [0.15, 0.2) is 0 Å². The molecule has 0 unspecified atom stereocenters. The molecule has 0 radical (unpaired) electrons. The van der Waals surface area contributed by atoms with Crippen molar-refractivity contribution >= 4 is 27.7 Å². The zero-order chi connectivity index (χ0) is 21.3. The number of hydrogen-bond acceptors (Lipinski definition) is 5. The molecule has 3 rings (SSSR count). The third-order valence-electron chi connectivity index (χ3n) is 5.83. The van der Waals surface area contributed by atoms with Crippen molar-refractivity contribution in [3.05, 3.63) is 28.7 Å². The highest BCUT2D eigenvalue weighted by Gasteiger charge is 2.24. The number of piperazine rings is 1. The molecule has 30 heavy (non-hydrogen) atoms. The van der Waals surface area contributed by atoms with Crippen LogP contribution in [0.5, 0.6) is 5.75 Å². The lowest BCUT2D eigenvalue weighted by atomic mass is 10.1. The number of ether oxygens (including phenoxy) is 1. The van der Waals surface area contributed by atoms with E-state index in [-0.39, 0.29) is 11.8 Å².